The molecule has 0 aliphatic heterocycles. The summed E-state index contributed by atoms with van der Waals surface area (Å²) in [5.41, 5.74) is 7.08. The van der Waals surface area contributed by atoms with Crippen LogP contribution in [0.25, 0.3) is 0 Å². The van der Waals surface area contributed by atoms with Crippen LogP contribution in [-0.4, -0.2) is 24.5 Å². The van der Waals surface area contributed by atoms with Crippen molar-refractivity contribution < 1.29 is 0 Å². The maximum atomic E-state index is 5.69. The molecule has 19 heavy (non-hydrogen) atoms. The maximum absolute atomic E-state index is 5.69. The lowest BCUT2D eigenvalue weighted by Gasteiger charge is -2.20. The minimum Gasteiger partial charge on any atom is -0.329 e. The number of hydrogen-bond acceptors (Lipinski definition) is 3. The predicted octanol–water partition coefficient (Wildman–Crippen LogP) is 3.17. The van der Waals surface area contributed by atoms with Crippen molar-refractivity contribution in [3.05, 3.63) is 58.3 Å². The summed E-state index contributed by atoms with van der Waals surface area (Å²) >= 11 is 1.82. The SMILES string of the molecule is Cl.NCCN(CCc1ccccc1)Cc1cccs1. The van der Waals surface area contributed by atoms with Crippen molar-refractivity contribution in [1.29, 1.82) is 0 Å². The molecule has 0 saturated carbocycles. The molecule has 2 N–H and O–H groups in total. The molecule has 0 saturated heterocycles. The largest absolute Gasteiger partial charge is 0.329 e. The van der Waals surface area contributed by atoms with Gasteiger partial charge in [0.1, 0.15) is 0 Å². The van der Waals surface area contributed by atoms with Crippen LogP contribution in [0, 0.1) is 0 Å². The molecule has 0 aliphatic carbocycles. The number of nitrogens with zero attached hydrogens (tertiary/aromatic N) is 1. The number of thiophene rings is 1. The van der Waals surface area contributed by atoms with E-state index in [1.54, 1.807) is 0 Å². The van der Waals surface area contributed by atoms with Crippen LogP contribution in [0.15, 0.2) is 47.8 Å². The van der Waals surface area contributed by atoms with Gasteiger partial charge in [0, 0.05) is 31.1 Å². The zero-order valence-corrected chi connectivity index (χ0v) is 12.6. The van der Waals surface area contributed by atoms with E-state index in [1.165, 1.54) is 10.4 Å². The van der Waals surface area contributed by atoms with Gasteiger partial charge >= 0.3 is 0 Å². The van der Waals surface area contributed by atoms with Gasteiger partial charge in [-0.3, -0.25) is 4.90 Å². The van der Waals surface area contributed by atoms with Crippen LogP contribution in [0.5, 0.6) is 0 Å². The van der Waals surface area contributed by atoms with E-state index < -0.39 is 0 Å². The first kappa shape index (κ1) is 16.2. The highest BCUT2D eigenvalue weighted by Crippen LogP contribution is 2.12. The number of benzene rings is 1. The summed E-state index contributed by atoms with van der Waals surface area (Å²) in [6.07, 6.45) is 1.09. The third-order valence-corrected chi connectivity index (χ3v) is 3.83. The molecular formula is C15H21ClN2S. The first-order valence-electron chi connectivity index (χ1n) is 6.37. The fraction of sp³-hybridized carbons (Fsp3) is 0.333. The predicted molar refractivity (Wildman–Crippen MR) is 86.0 cm³/mol. The van der Waals surface area contributed by atoms with Crippen LogP contribution in [0.3, 0.4) is 0 Å². The van der Waals surface area contributed by atoms with Gasteiger partial charge in [0.2, 0.25) is 0 Å². The van der Waals surface area contributed by atoms with Crippen molar-refractivity contribution >= 4 is 23.7 Å². The van der Waals surface area contributed by atoms with E-state index in [0.29, 0.717) is 0 Å². The van der Waals surface area contributed by atoms with E-state index in [-0.39, 0.29) is 12.4 Å². The monoisotopic (exact) mass is 296 g/mol. The maximum Gasteiger partial charge on any atom is 0.0328 e. The highest BCUT2D eigenvalue weighted by Gasteiger charge is 2.06. The van der Waals surface area contributed by atoms with E-state index in [4.69, 9.17) is 5.73 Å². The standard InChI is InChI=1S/C15H20N2S.ClH/c16-9-11-17(13-15-7-4-12-18-15)10-8-14-5-2-1-3-6-14;/h1-7,12H,8-11,13,16H2;1H. The molecule has 2 nitrogen and oxygen atoms in total. The highest BCUT2D eigenvalue weighted by atomic mass is 35.5. The molecule has 0 radical (unpaired) electrons. The number of rotatable bonds is 7. The van der Waals surface area contributed by atoms with Crippen LogP contribution >= 0.6 is 23.7 Å². The minimum absolute atomic E-state index is 0. The average Bonchev–Trinajstić information content (AvgIpc) is 2.90. The molecule has 2 aromatic rings. The van der Waals surface area contributed by atoms with E-state index in [2.05, 4.69) is 52.7 Å². The van der Waals surface area contributed by atoms with Gasteiger partial charge in [-0.25, -0.2) is 0 Å². The Kier molecular flexibility index (Phi) is 7.75. The number of nitrogens with two attached hydrogens (primary N) is 1. The molecule has 4 heteroatoms. The summed E-state index contributed by atoms with van der Waals surface area (Å²) < 4.78 is 0. The second-order valence-corrected chi connectivity index (χ2v) is 5.41. The van der Waals surface area contributed by atoms with Crippen molar-refractivity contribution in [3.63, 3.8) is 0 Å². The van der Waals surface area contributed by atoms with Gasteiger partial charge in [0.05, 0.1) is 0 Å². The Balaban J connectivity index is 0.00000180. The molecule has 0 atom stereocenters. The lowest BCUT2D eigenvalue weighted by Crippen LogP contribution is -2.30. The fourth-order valence-corrected chi connectivity index (χ4v) is 2.75. The molecule has 104 valence electrons. The van der Waals surface area contributed by atoms with Crippen LogP contribution in [-0.2, 0) is 13.0 Å². The smallest absolute Gasteiger partial charge is 0.0328 e. The number of halogens is 1. The molecule has 0 aliphatic rings. The zero-order chi connectivity index (χ0) is 12.6. The zero-order valence-electron chi connectivity index (χ0n) is 11.0. The summed E-state index contributed by atoms with van der Waals surface area (Å²) in [5.74, 6) is 0. The quantitative estimate of drug-likeness (QED) is 0.850. The van der Waals surface area contributed by atoms with Gasteiger partial charge in [0.25, 0.3) is 0 Å². The first-order valence-corrected chi connectivity index (χ1v) is 7.25. The third kappa shape index (κ3) is 5.74. The fourth-order valence-electron chi connectivity index (χ4n) is 2.01. The highest BCUT2D eigenvalue weighted by molar-refractivity contribution is 7.09. The summed E-state index contributed by atoms with van der Waals surface area (Å²) in [5, 5.41) is 2.13. The molecule has 0 amide bonds. The van der Waals surface area contributed by atoms with Gasteiger partial charge in [-0.15, -0.1) is 23.7 Å². The minimum atomic E-state index is 0. The van der Waals surface area contributed by atoms with E-state index >= 15 is 0 Å². The molecule has 1 aromatic heterocycles. The van der Waals surface area contributed by atoms with Gasteiger partial charge in [-0.05, 0) is 23.4 Å². The molecule has 2 rings (SSSR count). The van der Waals surface area contributed by atoms with Crippen LogP contribution in [0.4, 0.5) is 0 Å². The summed E-state index contributed by atoms with van der Waals surface area (Å²) in [6.45, 7) is 3.77. The van der Waals surface area contributed by atoms with Gasteiger partial charge in [-0.2, -0.15) is 0 Å². The van der Waals surface area contributed by atoms with Gasteiger partial charge < -0.3 is 5.73 Å². The third-order valence-electron chi connectivity index (χ3n) is 2.96. The normalized spacial score (nSPS) is 10.4. The average molecular weight is 297 g/mol. The van der Waals surface area contributed by atoms with E-state index in [0.717, 1.165) is 32.6 Å². The van der Waals surface area contributed by atoms with E-state index in [1.807, 2.05) is 11.3 Å². The molecule has 0 unspecified atom stereocenters. The van der Waals surface area contributed by atoms with Crippen LogP contribution < -0.4 is 5.73 Å². The van der Waals surface area contributed by atoms with Crippen LogP contribution in [0.2, 0.25) is 0 Å². The topological polar surface area (TPSA) is 29.3 Å². The van der Waals surface area contributed by atoms with Crippen molar-refractivity contribution in [1.82, 2.24) is 4.90 Å². The van der Waals surface area contributed by atoms with Gasteiger partial charge in [-0.1, -0.05) is 36.4 Å². The summed E-state index contributed by atoms with van der Waals surface area (Å²) in [4.78, 5) is 3.84. The Labute approximate surface area is 125 Å². The Bertz CT molecular complexity index is 431. The van der Waals surface area contributed by atoms with Crippen molar-refractivity contribution in [2.75, 3.05) is 19.6 Å². The molecule has 0 bridgehead atoms. The van der Waals surface area contributed by atoms with Gasteiger partial charge in [0.15, 0.2) is 0 Å². The van der Waals surface area contributed by atoms with Crippen molar-refractivity contribution in [2.24, 2.45) is 5.73 Å². The Morgan fingerprint density at radius 2 is 1.79 bits per heavy atom. The second kappa shape index (κ2) is 9.10. The Hall–Kier alpha value is -0.870. The lowest BCUT2D eigenvalue weighted by atomic mass is 10.1. The molecule has 0 spiro atoms. The van der Waals surface area contributed by atoms with Crippen molar-refractivity contribution in [2.45, 2.75) is 13.0 Å². The molecule has 0 fully saturated rings. The Morgan fingerprint density at radius 3 is 2.42 bits per heavy atom. The molecule has 1 heterocycles. The van der Waals surface area contributed by atoms with Crippen molar-refractivity contribution in [3.8, 4) is 0 Å². The number of hydrogen-bond donors (Lipinski definition) is 1. The molecular weight excluding hydrogens is 276 g/mol. The summed E-state index contributed by atoms with van der Waals surface area (Å²) in [7, 11) is 0. The molecule has 1 aromatic carbocycles. The summed E-state index contributed by atoms with van der Waals surface area (Å²) in [6, 6.07) is 14.9. The van der Waals surface area contributed by atoms with E-state index in [9.17, 15) is 0 Å². The Morgan fingerprint density at radius 1 is 1.00 bits per heavy atom. The first-order chi connectivity index (χ1) is 8.88. The second-order valence-electron chi connectivity index (χ2n) is 4.38. The van der Waals surface area contributed by atoms with Crippen LogP contribution in [0.1, 0.15) is 10.4 Å². The lowest BCUT2D eigenvalue weighted by molar-refractivity contribution is 0.279.